The fourth-order valence-corrected chi connectivity index (χ4v) is 2.55. The first-order valence-electron chi connectivity index (χ1n) is 5.23. The molecule has 0 unspecified atom stereocenters. The molecule has 19 heavy (non-hydrogen) atoms. The second-order valence-corrected chi connectivity index (χ2v) is 6.26. The van der Waals surface area contributed by atoms with Crippen molar-refractivity contribution < 1.29 is 24.5 Å². The van der Waals surface area contributed by atoms with Crippen LogP contribution in [0.4, 0.5) is 0 Å². The van der Waals surface area contributed by atoms with Crippen LogP contribution in [-0.2, 0) is 4.79 Å². The fraction of sp³-hybridized carbons (Fsp3) is 0.333. The van der Waals surface area contributed by atoms with Gasteiger partial charge < -0.3 is 14.9 Å². The van der Waals surface area contributed by atoms with E-state index in [-0.39, 0.29) is 12.2 Å². The normalized spacial score (nSPS) is 11.2. The molecule has 1 rings (SSSR count). The zero-order chi connectivity index (χ0) is 14.8. The van der Waals surface area contributed by atoms with Gasteiger partial charge in [0.15, 0.2) is 0 Å². The number of benzene rings is 1. The minimum atomic E-state index is -1.06. The molecule has 0 saturated heterocycles. The highest BCUT2D eigenvalue weighted by Crippen LogP contribution is 2.35. The summed E-state index contributed by atoms with van der Waals surface area (Å²) in [6.45, 7) is 3.05. The summed E-state index contributed by atoms with van der Waals surface area (Å²) in [5, 5.41) is 17.9. The summed E-state index contributed by atoms with van der Waals surface area (Å²) in [6, 6.07) is 2.80. The van der Waals surface area contributed by atoms with Gasteiger partial charge in [0.05, 0.1) is 19.9 Å². The van der Waals surface area contributed by atoms with Crippen LogP contribution in [0.1, 0.15) is 24.2 Å². The number of rotatable bonds is 5. The predicted octanol–water partition coefficient (Wildman–Crippen LogP) is 3.40. The van der Waals surface area contributed by atoms with Crippen molar-refractivity contribution in [1.82, 2.24) is 0 Å². The van der Waals surface area contributed by atoms with Crippen LogP contribution in [0.3, 0.4) is 0 Å². The highest BCUT2D eigenvalue weighted by molar-refractivity contribution is 9.11. The molecule has 0 aromatic heterocycles. The molecule has 0 aliphatic carbocycles. The third-order valence-electron chi connectivity index (χ3n) is 2.40. The van der Waals surface area contributed by atoms with Crippen LogP contribution in [0.2, 0.25) is 0 Å². The van der Waals surface area contributed by atoms with Crippen LogP contribution in [-0.4, -0.2) is 28.8 Å². The summed E-state index contributed by atoms with van der Waals surface area (Å²) in [5.74, 6) is -1.65. The van der Waals surface area contributed by atoms with E-state index < -0.39 is 17.4 Å². The van der Waals surface area contributed by atoms with Gasteiger partial charge in [0, 0.05) is 0 Å². The monoisotopic (exact) mass is 394 g/mol. The molecule has 1 aromatic carbocycles. The molecule has 0 bridgehead atoms. The maximum atomic E-state index is 11.0. The number of carboxylic acids is 2. The second-order valence-electron chi connectivity index (χ2n) is 4.55. The molecule has 0 fully saturated rings. The van der Waals surface area contributed by atoms with Gasteiger partial charge in [-0.3, -0.25) is 4.79 Å². The van der Waals surface area contributed by atoms with Gasteiger partial charge in [0.2, 0.25) is 0 Å². The largest absolute Gasteiger partial charge is 0.490 e. The number of hydrogen-bond acceptors (Lipinski definition) is 3. The first-order chi connectivity index (χ1) is 8.65. The number of hydrogen-bond donors (Lipinski definition) is 2. The van der Waals surface area contributed by atoms with E-state index in [1.807, 2.05) is 0 Å². The summed E-state index contributed by atoms with van der Waals surface area (Å²) in [6.07, 6.45) is 0. The van der Waals surface area contributed by atoms with Crippen LogP contribution in [0.25, 0.3) is 0 Å². The molecule has 0 amide bonds. The molecule has 7 heteroatoms. The Hall–Kier alpha value is -1.08. The van der Waals surface area contributed by atoms with Crippen molar-refractivity contribution >= 4 is 43.8 Å². The van der Waals surface area contributed by atoms with Crippen molar-refractivity contribution in [2.24, 2.45) is 5.41 Å². The van der Waals surface area contributed by atoms with E-state index >= 15 is 0 Å². The quantitative estimate of drug-likeness (QED) is 0.798. The van der Waals surface area contributed by atoms with E-state index in [1.165, 1.54) is 12.1 Å². The molecule has 0 aliphatic rings. The Bertz CT molecular complexity index is 502. The number of halogens is 2. The lowest BCUT2D eigenvalue weighted by molar-refractivity contribution is -0.148. The topological polar surface area (TPSA) is 83.8 Å². The molecule has 0 heterocycles. The van der Waals surface area contributed by atoms with Crippen molar-refractivity contribution in [2.45, 2.75) is 13.8 Å². The first-order valence-corrected chi connectivity index (χ1v) is 6.82. The summed E-state index contributed by atoms with van der Waals surface area (Å²) >= 11 is 6.41. The highest BCUT2D eigenvalue weighted by atomic mass is 79.9. The summed E-state index contributed by atoms with van der Waals surface area (Å²) in [4.78, 5) is 21.8. The van der Waals surface area contributed by atoms with E-state index in [4.69, 9.17) is 14.9 Å². The molecule has 0 saturated carbocycles. The van der Waals surface area contributed by atoms with Gasteiger partial charge in [-0.1, -0.05) is 0 Å². The smallest absolute Gasteiger partial charge is 0.335 e. The van der Waals surface area contributed by atoms with Crippen LogP contribution in [0, 0.1) is 5.41 Å². The van der Waals surface area contributed by atoms with E-state index in [9.17, 15) is 9.59 Å². The maximum Gasteiger partial charge on any atom is 0.335 e. The minimum absolute atomic E-state index is 0.0358. The van der Waals surface area contributed by atoms with Gasteiger partial charge in [-0.2, -0.15) is 0 Å². The third-order valence-corrected chi connectivity index (χ3v) is 3.58. The standard InChI is InChI=1S/C12H12Br2O5/c1-12(2,11(17)18)5-19-9-7(13)3-6(10(15)16)4-8(9)14/h3-4H,5H2,1-2H3,(H,15,16)(H,17,18). The van der Waals surface area contributed by atoms with Crippen molar-refractivity contribution in [2.75, 3.05) is 6.61 Å². The summed E-state index contributed by atoms with van der Waals surface area (Å²) in [7, 11) is 0. The second kappa shape index (κ2) is 5.92. The Balaban J connectivity index is 2.97. The van der Waals surface area contributed by atoms with Crippen LogP contribution >= 0.6 is 31.9 Å². The molecule has 0 aliphatic heterocycles. The van der Waals surface area contributed by atoms with Gasteiger partial charge in [-0.05, 0) is 57.8 Å². The molecule has 0 atom stereocenters. The fourth-order valence-electron chi connectivity index (χ4n) is 1.14. The number of ether oxygens (including phenoxy) is 1. The zero-order valence-electron chi connectivity index (χ0n) is 10.2. The van der Waals surface area contributed by atoms with Gasteiger partial charge in [-0.25, -0.2) is 4.79 Å². The van der Waals surface area contributed by atoms with Gasteiger partial charge in [-0.15, -0.1) is 0 Å². The van der Waals surface area contributed by atoms with Crippen LogP contribution in [0.15, 0.2) is 21.1 Å². The van der Waals surface area contributed by atoms with Crippen molar-refractivity contribution in [3.8, 4) is 5.75 Å². The molecule has 1 aromatic rings. The molecule has 0 spiro atoms. The first kappa shape index (κ1) is 16.0. The zero-order valence-corrected chi connectivity index (χ0v) is 13.4. The van der Waals surface area contributed by atoms with E-state index in [2.05, 4.69) is 31.9 Å². The van der Waals surface area contributed by atoms with Crippen LogP contribution < -0.4 is 4.74 Å². The van der Waals surface area contributed by atoms with Gasteiger partial charge in [0.25, 0.3) is 0 Å². The minimum Gasteiger partial charge on any atom is -0.490 e. The van der Waals surface area contributed by atoms with Crippen molar-refractivity contribution in [1.29, 1.82) is 0 Å². The summed E-state index contributed by atoms with van der Waals surface area (Å²) in [5.41, 5.74) is -0.937. The summed E-state index contributed by atoms with van der Waals surface area (Å²) < 4.78 is 6.35. The van der Waals surface area contributed by atoms with Gasteiger partial charge >= 0.3 is 11.9 Å². The Morgan fingerprint density at radius 2 is 1.68 bits per heavy atom. The third kappa shape index (κ3) is 3.94. The lowest BCUT2D eigenvalue weighted by Crippen LogP contribution is -2.30. The molecule has 5 nitrogen and oxygen atoms in total. The molecular formula is C12H12Br2O5. The molecule has 0 radical (unpaired) electrons. The van der Waals surface area contributed by atoms with E-state index in [1.54, 1.807) is 13.8 Å². The maximum absolute atomic E-state index is 11.0. The van der Waals surface area contributed by atoms with Crippen LogP contribution in [0.5, 0.6) is 5.75 Å². The Kier molecular flexibility index (Phi) is 4.98. The SMILES string of the molecule is CC(C)(COc1c(Br)cc(C(=O)O)cc1Br)C(=O)O. The van der Waals surface area contributed by atoms with E-state index in [0.717, 1.165) is 0 Å². The average molecular weight is 396 g/mol. The Morgan fingerprint density at radius 3 is 2.05 bits per heavy atom. The molecular weight excluding hydrogens is 384 g/mol. The predicted molar refractivity (Wildman–Crippen MR) is 75.7 cm³/mol. The van der Waals surface area contributed by atoms with Crippen molar-refractivity contribution in [3.63, 3.8) is 0 Å². The van der Waals surface area contributed by atoms with E-state index in [0.29, 0.717) is 14.7 Å². The van der Waals surface area contributed by atoms with Crippen molar-refractivity contribution in [3.05, 3.63) is 26.6 Å². The molecule has 2 N–H and O–H groups in total. The van der Waals surface area contributed by atoms with Gasteiger partial charge in [0.1, 0.15) is 12.4 Å². The molecule has 104 valence electrons. The number of aliphatic carboxylic acids is 1. The lowest BCUT2D eigenvalue weighted by Gasteiger charge is -2.20. The average Bonchev–Trinajstić information content (AvgIpc) is 2.27. The highest BCUT2D eigenvalue weighted by Gasteiger charge is 2.29. The number of carbonyl (C=O) groups is 2. The Morgan fingerprint density at radius 1 is 1.21 bits per heavy atom. The number of carboxylic acid groups (broad SMARTS) is 2. The Labute approximate surface area is 126 Å². The lowest BCUT2D eigenvalue weighted by atomic mass is 9.95. The number of aromatic carboxylic acids is 1.